The van der Waals surface area contributed by atoms with E-state index in [1.54, 1.807) is 12.1 Å². The van der Waals surface area contributed by atoms with E-state index in [9.17, 15) is 10.1 Å². The summed E-state index contributed by atoms with van der Waals surface area (Å²) >= 11 is 5.83. The lowest BCUT2D eigenvalue weighted by Gasteiger charge is -2.07. The van der Waals surface area contributed by atoms with E-state index in [0.717, 1.165) is 11.4 Å². The molecule has 18 heavy (non-hydrogen) atoms. The molecule has 0 aliphatic heterocycles. The van der Waals surface area contributed by atoms with Crippen LogP contribution in [-0.4, -0.2) is 9.49 Å². The van der Waals surface area contributed by atoms with Crippen LogP contribution in [0.25, 0.3) is 0 Å². The summed E-state index contributed by atoms with van der Waals surface area (Å²) in [6.45, 7) is 0.637. The van der Waals surface area contributed by atoms with Gasteiger partial charge in [0.1, 0.15) is 5.02 Å². The SMILES string of the molecule is Cn1cccc1CNc1ccc([N+](=O)[O-])c(Cl)c1. The first-order valence-electron chi connectivity index (χ1n) is 5.36. The molecule has 0 unspecified atom stereocenters. The van der Waals surface area contributed by atoms with Crippen LogP contribution in [0.3, 0.4) is 0 Å². The van der Waals surface area contributed by atoms with E-state index in [2.05, 4.69) is 5.32 Å². The molecule has 1 heterocycles. The fourth-order valence-electron chi connectivity index (χ4n) is 1.64. The van der Waals surface area contributed by atoms with Gasteiger partial charge in [-0.15, -0.1) is 0 Å². The van der Waals surface area contributed by atoms with E-state index in [0.29, 0.717) is 6.54 Å². The molecular formula is C12H12ClN3O2. The Bertz CT molecular complexity index is 580. The Kier molecular flexibility index (Phi) is 3.53. The summed E-state index contributed by atoms with van der Waals surface area (Å²) in [6.07, 6.45) is 1.96. The maximum absolute atomic E-state index is 10.6. The third-order valence-corrected chi connectivity index (χ3v) is 2.97. The summed E-state index contributed by atoms with van der Waals surface area (Å²) < 4.78 is 2.00. The highest BCUT2D eigenvalue weighted by molar-refractivity contribution is 6.32. The summed E-state index contributed by atoms with van der Waals surface area (Å²) in [6, 6.07) is 8.56. The molecule has 0 spiro atoms. The van der Waals surface area contributed by atoms with Gasteiger partial charge in [-0.3, -0.25) is 10.1 Å². The normalized spacial score (nSPS) is 10.3. The molecular weight excluding hydrogens is 254 g/mol. The largest absolute Gasteiger partial charge is 0.379 e. The number of rotatable bonds is 4. The van der Waals surface area contributed by atoms with Gasteiger partial charge in [0.2, 0.25) is 0 Å². The Morgan fingerprint density at radius 2 is 2.22 bits per heavy atom. The molecule has 1 aromatic heterocycles. The number of anilines is 1. The van der Waals surface area contributed by atoms with Gasteiger partial charge < -0.3 is 9.88 Å². The van der Waals surface area contributed by atoms with Gasteiger partial charge in [-0.2, -0.15) is 0 Å². The predicted octanol–water partition coefficient (Wildman–Crippen LogP) is 3.20. The fraction of sp³-hybridized carbons (Fsp3) is 0.167. The van der Waals surface area contributed by atoms with E-state index in [1.807, 2.05) is 29.9 Å². The van der Waals surface area contributed by atoms with Crippen molar-refractivity contribution in [1.82, 2.24) is 4.57 Å². The van der Waals surface area contributed by atoms with Gasteiger partial charge >= 0.3 is 0 Å². The molecule has 0 fully saturated rings. The standard InChI is InChI=1S/C12H12ClN3O2/c1-15-6-2-3-10(15)8-14-9-4-5-12(16(17)18)11(13)7-9/h2-7,14H,8H2,1H3. The lowest BCUT2D eigenvalue weighted by molar-refractivity contribution is -0.384. The number of nitrogens with one attached hydrogen (secondary N) is 1. The van der Waals surface area contributed by atoms with Crippen molar-refractivity contribution < 1.29 is 4.92 Å². The van der Waals surface area contributed by atoms with E-state index in [1.165, 1.54) is 6.07 Å². The van der Waals surface area contributed by atoms with Crippen molar-refractivity contribution in [3.63, 3.8) is 0 Å². The number of aryl methyl sites for hydroxylation is 1. The molecule has 0 aliphatic rings. The molecule has 5 nitrogen and oxygen atoms in total. The van der Waals surface area contributed by atoms with Gasteiger partial charge in [0.05, 0.1) is 11.5 Å². The number of nitro groups is 1. The van der Waals surface area contributed by atoms with Crippen LogP contribution in [-0.2, 0) is 13.6 Å². The average Bonchev–Trinajstić information content (AvgIpc) is 2.72. The minimum atomic E-state index is -0.497. The number of hydrogen-bond donors (Lipinski definition) is 1. The molecule has 0 aliphatic carbocycles. The monoisotopic (exact) mass is 265 g/mol. The second kappa shape index (κ2) is 5.10. The molecule has 2 aromatic rings. The molecule has 0 bridgehead atoms. The second-order valence-electron chi connectivity index (χ2n) is 3.89. The van der Waals surface area contributed by atoms with E-state index < -0.39 is 4.92 Å². The smallest absolute Gasteiger partial charge is 0.288 e. The highest BCUT2D eigenvalue weighted by Crippen LogP contribution is 2.27. The summed E-state index contributed by atoms with van der Waals surface area (Å²) in [5.41, 5.74) is 1.79. The van der Waals surface area contributed by atoms with Crippen LogP contribution < -0.4 is 5.32 Å². The van der Waals surface area contributed by atoms with Crippen LogP contribution in [0, 0.1) is 10.1 Å². The molecule has 0 saturated carbocycles. The lowest BCUT2D eigenvalue weighted by Crippen LogP contribution is -2.04. The zero-order valence-electron chi connectivity index (χ0n) is 9.76. The van der Waals surface area contributed by atoms with Crippen LogP contribution in [0.4, 0.5) is 11.4 Å². The number of nitrogens with zero attached hydrogens (tertiary/aromatic N) is 2. The van der Waals surface area contributed by atoms with Crippen molar-refractivity contribution in [3.8, 4) is 0 Å². The van der Waals surface area contributed by atoms with Gasteiger partial charge in [0.15, 0.2) is 0 Å². The Balaban J connectivity index is 2.09. The summed E-state index contributed by atoms with van der Waals surface area (Å²) in [4.78, 5) is 10.1. The first-order chi connectivity index (χ1) is 8.58. The van der Waals surface area contributed by atoms with Crippen molar-refractivity contribution >= 4 is 23.0 Å². The first-order valence-corrected chi connectivity index (χ1v) is 5.74. The third kappa shape index (κ3) is 2.62. The summed E-state index contributed by atoms with van der Waals surface area (Å²) in [5, 5.41) is 13.9. The van der Waals surface area contributed by atoms with Crippen molar-refractivity contribution in [2.24, 2.45) is 7.05 Å². The molecule has 1 aromatic carbocycles. The molecule has 0 saturated heterocycles. The average molecular weight is 266 g/mol. The number of benzene rings is 1. The predicted molar refractivity (Wildman–Crippen MR) is 70.8 cm³/mol. The molecule has 0 radical (unpaired) electrons. The van der Waals surface area contributed by atoms with E-state index in [4.69, 9.17) is 11.6 Å². The van der Waals surface area contributed by atoms with E-state index in [-0.39, 0.29) is 10.7 Å². The van der Waals surface area contributed by atoms with Gasteiger partial charge in [0, 0.05) is 30.7 Å². The first kappa shape index (κ1) is 12.4. The van der Waals surface area contributed by atoms with Crippen LogP contribution >= 0.6 is 11.6 Å². The van der Waals surface area contributed by atoms with Crippen LogP contribution in [0.2, 0.25) is 5.02 Å². The number of hydrogen-bond acceptors (Lipinski definition) is 3. The van der Waals surface area contributed by atoms with Crippen molar-refractivity contribution in [1.29, 1.82) is 0 Å². The van der Waals surface area contributed by atoms with E-state index >= 15 is 0 Å². The van der Waals surface area contributed by atoms with Gasteiger partial charge in [0.25, 0.3) is 5.69 Å². The molecule has 94 valence electrons. The third-order valence-electron chi connectivity index (χ3n) is 2.67. The molecule has 0 amide bonds. The quantitative estimate of drug-likeness (QED) is 0.682. The highest BCUT2D eigenvalue weighted by atomic mass is 35.5. The molecule has 2 rings (SSSR count). The topological polar surface area (TPSA) is 60.1 Å². The zero-order chi connectivity index (χ0) is 13.1. The maximum Gasteiger partial charge on any atom is 0.288 e. The number of aromatic nitrogens is 1. The van der Waals surface area contributed by atoms with Crippen LogP contribution in [0.5, 0.6) is 0 Å². The minimum absolute atomic E-state index is 0.0823. The summed E-state index contributed by atoms with van der Waals surface area (Å²) in [7, 11) is 1.96. The van der Waals surface area contributed by atoms with Gasteiger partial charge in [-0.1, -0.05) is 11.6 Å². The van der Waals surface area contributed by atoms with Crippen molar-refractivity contribution in [2.45, 2.75) is 6.54 Å². The highest BCUT2D eigenvalue weighted by Gasteiger charge is 2.11. The van der Waals surface area contributed by atoms with Crippen LogP contribution in [0.1, 0.15) is 5.69 Å². The Labute approximate surface area is 109 Å². The lowest BCUT2D eigenvalue weighted by atomic mass is 10.2. The van der Waals surface area contributed by atoms with Crippen molar-refractivity contribution in [3.05, 3.63) is 57.4 Å². The van der Waals surface area contributed by atoms with Gasteiger partial charge in [-0.25, -0.2) is 0 Å². The molecule has 6 heteroatoms. The Morgan fingerprint density at radius 3 is 2.78 bits per heavy atom. The maximum atomic E-state index is 10.6. The Morgan fingerprint density at radius 1 is 1.44 bits per heavy atom. The van der Waals surface area contributed by atoms with Crippen molar-refractivity contribution in [2.75, 3.05) is 5.32 Å². The number of nitro benzene ring substituents is 1. The number of halogens is 1. The fourth-order valence-corrected chi connectivity index (χ4v) is 1.89. The summed E-state index contributed by atoms with van der Waals surface area (Å²) in [5.74, 6) is 0. The molecule has 1 N–H and O–H groups in total. The Hall–Kier alpha value is -2.01. The minimum Gasteiger partial charge on any atom is -0.379 e. The second-order valence-corrected chi connectivity index (χ2v) is 4.29. The van der Waals surface area contributed by atoms with Gasteiger partial charge in [-0.05, 0) is 24.3 Å². The molecule has 0 atom stereocenters. The van der Waals surface area contributed by atoms with Crippen LogP contribution in [0.15, 0.2) is 36.5 Å². The zero-order valence-corrected chi connectivity index (χ0v) is 10.5.